The van der Waals surface area contributed by atoms with E-state index in [-0.39, 0.29) is 24.5 Å². The Morgan fingerprint density at radius 2 is 1.90 bits per heavy atom. The maximum atomic E-state index is 13.1. The number of fused-ring (bicyclic) bond motifs is 1. The maximum absolute atomic E-state index is 13.1. The standard InChI is InChI=1S/C22H19FN2O3S/c23-17-8-6-16(7-9-17)20-10-19-21(29-20)22(27)25(14-24-19)11-18(26)13-28-12-15-4-2-1-3-5-15/h1-10,14,18,26H,11-13H2. The molecule has 0 saturated heterocycles. The first kappa shape index (κ1) is 19.4. The van der Waals surface area contributed by atoms with Crippen LogP contribution in [0.25, 0.3) is 20.7 Å². The van der Waals surface area contributed by atoms with Crippen molar-refractivity contribution in [3.05, 3.63) is 88.7 Å². The minimum absolute atomic E-state index is 0.0976. The minimum atomic E-state index is -0.827. The zero-order chi connectivity index (χ0) is 20.2. The first-order valence-corrected chi connectivity index (χ1v) is 9.96. The van der Waals surface area contributed by atoms with Crippen molar-refractivity contribution >= 4 is 21.6 Å². The predicted molar refractivity (Wildman–Crippen MR) is 111 cm³/mol. The van der Waals surface area contributed by atoms with Gasteiger partial charge < -0.3 is 9.84 Å². The summed E-state index contributed by atoms with van der Waals surface area (Å²) in [5, 5.41) is 10.2. The highest BCUT2D eigenvalue weighted by Crippen LogP contribution is 2.30. The lowest BCUT2D eigenvalue weighted by Gasteiger charge is -2.13. The second-order valence-electron chi connectivity index (χ2n) is 6.69. The molecule has 0 aliphatic carbocycles. The Morgan fingerprint density at radius 3 is 2.66 bits per heavy atom. The lowest BCUT2D eigenvalue weighted by atomic mass is 10.2. The molecule has 0 saturated carbocycles. The summed E-state index contributed by atoms with van der Waals surface area (Å²) in [6, 6.07) is 17.6. The smallest absolute Gasteiger partial charge is 0.271 e. The summed E-state index contributed by atoms with van der Waals surface area (Å²) in [4.78, 5) is 18.0. The van der Waals surface area contributed by atoms with E-state index in [4.69, 9.17) is 4.74 Å². The lowest BCUT2D eigenvalue weighted by Crippen LogP contribution is -2.29. The van der Waals surface area contributed by atoms with E-state index in [1.54, 1.807) is 12.1 Å². The highest BCUT2D eigenvalue weighted by Gasteiger charge is 2.13. The number of thiophene rings is 1. The summed E-state index contributed by atoms with van der Waals surface area (Å²) in [5.74, 6) is -0.307. The van der Waals surface area contributed by atoms with Gasteiger partial charge in [-0.1, -0.05) is 42.5 Å². The molecule has 2 aromatic heterocycles. The zero-order valence-electron chi connectivity index (χ0n) is 15.5. The van der Waals surface area contributed by atoms with Crippen molar-refractivity contribution in [2.45, 2.75) is 19.3 Å². The Kier molecular flexibility index (Phi) is 5.80. The lowest BCUT2D eigenvalue weighted by molar-refractivity contribution is 0.0198. The van der Waals surface area contributed by atoms with Crippen LogP contribution in [0.4, 0.5) is 4.39 Å². The van der Waals surface area contributed by atoms with Crippen molar-refractivity contribution < 1.29 is 14.2 Å². The molecule has 0 bridgehead atoms. The molecule has 2 aromatic carbocycles. The van der Waals surface area contributed by atoms with Gasteiger partial charge in [0.2, 0.25) is 0 Å². The number of nitrogens with zero attached hydrogens (tertiary/aromatic N) is 2. The second kappa shape index (κ2) is 8.65. The third-order valence-corrected chi connectivity index (χ3v) is 5.62. The van der Waals surface area contributed by atoms with Crippen molar-refractivity contribution in [3.63, 3.8) is 0 Å². The Hall–Kier alpha value is -2.87. The van der Waals surface area contributed by atoms with Gasteiger partial charge in [-0.25, -0.2) is 9.37 Å². The number of halogens is 1. The molecule has 148 valence electrons. The molecule has 2 heterocycles. The summed E-state index contributed by atoms with van der Waals surface area (Å²) in [7, 11) is 0. The summed E-state index contributed by atoms with van der Waals surface area (Å²) < 4.78 is 20.6. The third-order valence-electron chi connectivity index (χ3n) is 4.46. The van der Waals surface area contributed by atoms with Gasteiger partial charge in [0.25, 0.3) is 5.56 Å². The SMILES string of the molecule is O=c1c2sc(-c3ccc(F)cc3)cc2ncn1CC(O)COCc1ccccc1. The minimum Gasteiger partial charge on any atom is -0.389 e. The molecule has 0 fully saturated rings. The van der Waals surface area contributed by atoms with E-state index in [0.29, 0.717) is 16.8 Å². The van der Waals surface area contributed by atoms with E-state index in [1.807, 2.05) is 36.4 Å². The van der Waals surface area contributed by atoms with Crippen molar-refractivity contribution in [1.29, 1.82) is 0 Å². The molecule has 0 spiro atoms. The van der Waals surface area contributed by atoms with E-state index in [9.17, 15) is 14.3 Å². The molecule has 29 heavy (non-hydrogen) atoms. The molecule has 0 aliphatic heterocycles. The summed E-state index contributed by atoms with van der Waals surface area (Å²) in [5.41, 5.74) is 2.22. The zero-order valence-corrected chi connectivity index (χ0v) is 16.3. The van der Waals surface area contributed by atoms with E-state index in [2.05, 4.69) is 4.98 Å². The van der Waals surface area contributed by atoms with Gasteiger partial charge >= 0.3 is 0 Å². The average molecular weight is 410 g/mol. The largest absolute Gasteiger partial charge is 0.389 e. The fourth-order valence-corrected chi connectivity index (χ4v) is 4.06. The number of hydrogen-bond acceptors (Lipinski definition) is 5. The molecule has 4 aromatic rings. The van der Waals surface area contributed by atoms with Crippen molar-refractivity contribution in [2.24, 2.45) is 0 Å². The van der Waals surface area contributed by atoms with Crippen LogP contribution in [0.1, 0.15) is 5.56 Å². The highest BCUT2D eigenvalue weighted by atomic mass is 32.1. The summed E-state index contributed by atoms with van der Waals surface area (Å²) >= 11 is 1.31. The summed E-state index contributed by atoms with van der Waals surface area (Å²) in [6.45, 7) is 0.612. The molecule has 0 aliphatic rings. The van der Waals surface area contributed by atoms with Crippen LogP contribution in [0.2, 0.25) is 0 Å². The molecule has 5 nitrogen and oxygen atoms in total. The van der Waals surface area contributed by atoms with Gasteiger partial charge in [0.05, 0.1) is 37.7 Å². The highest BCUT2D eigenvalue weighted by molar-refractivity contribution is 7.22. The van der Waals surface area contributed by atoms with E-state index >= 15 is 0 Å². The molecular weight excluding hydrogens is 391 g/mol. The molecular formula is C22H19FN2O3S. The Labute approximate surface area is 170 Å². The summed E-state index contributed by atoms with van der Waals surface area (Å²) in [6.07, 6.45) is 0.610. The number of ether oxygens (including phenoxy) is 1. The Morgan fingerprint density at radius 1 is 1.14 bits per heavy atom. The van der Waals surface area contributed by atoms with Crippen molar-refractivity contribution in [2.75, 3.05) is 6.61 Å². The number of aliphatic hydroxyl groups is 1. The van der Waals surface area contributed by atoms with Crippen LogP contribution >= 0.6 is 11.3 Å². The van der Waals surface area contributed by atoms with Crippen LogP contribution in [-0.2, 0) is 17.9 Å². The molecule has 0 amide bonds. The number of benzene rings is 2. The van der Waals surface area contributed by atoms with E-state index in [1.165, 1.54) is 34.4 Å². The van der Waals surface area contributed by atoms with Gasteiger partial charge in [-0.2, -0.15) is 0 Å². The molecule has 7 heteroatoms. The van der Waals surface area contributed by atoms with Crippen LogP contribution < -0.4 is 5.56 Å². The molecule has 1 atom stereocenters. The van der Waals surface area contributed by atoms with Gasteiger partial charge in [-0.3, -0.25) is 9.36 Å². The van der Waals surface area contributed by atoms with E-state index < -0.39 is 6.10 Å². The molecule has 4 rings (SSSR count). The predicted octanol–water partition coefficient (Wildman–Crippen LogP) is 3.84. The first-order valence-electron chi connectivity index (χ1n) is 9.15. The van der Waals surface area contributed by atoms with Gasteiger partial charge in [0.15, 0.2) is 0 Å². The number of aliphatic hydroxyl groups excluding tert-OH is 1. The Bertz CT molecular complexity index is 1160. The second-order valence-corrected chi connectivity index (χ2v) is 7.74. The Balaban J connectivity index is 1.45. The normalized spacial score (nSPS) is 12.3. The van der Waals surface area contributed by atoms with Gasteiger partial charge in [0.1, 0.15) is 10.5 Å². The van der Waals surface area contributed by atoms with Crippen molar-refractivity contribution in [3.8, 4) is 10.4 Å². The monoisotopic (exact) mass is 410 g/mol. The van der Waals surface area contributed by atoms with Crippen LogP contribution in [0.3, 0.4) is 0 Å². The third kappa shape index (κ3) is 4.59. The van der Waals surface area contributed by atoms with Crippen LogP contribution in [-0.4, -0.2) is 27.4 Å². The molecule has 0 radical (unpaired) electrons. The fraction of sp³-hybridized carbons (Fsp3) is 0.182. The van der Waals surface area contributed by atoms with Gasteiger partial charge in [-0.15, -0.1) is 11.3 Å². The average Bonchev–Trinajstić information content (AvgIpc) is 3.17. The fourth-order valence-electron chi connectivity index (χ4n) is 3.00. The number of rotatable bonds is 7. The van der Waals surface area contributed by atoms with Gasteiger partial charge in [0, 0.05) is 4.88 Å². The van der Waals surface area contributed by atoms with Crippen molar-refractivity contribution in [1.82, 2.24) is 9.55 Å². The van der Waals surface area contributed by atoms with Crippen LogP contribution in [0, 0.1) is 5.82 Å². The number of aromatic nitrogens is 2. The van der Waals surface area contributed by atoms with Gasteiger partial charge in [-0.05, 0) is 29.3 Å². The van der Waals surface area contributed by atoms with Crippen LogP contribution in [0.5, 0.6) is 0 Å². The maximum Gasteiger partial charge on any atom is 0.271 e. The quantitative estimate of drug-likeness (QED) is 0.503. The molecule has 1 unspecified atom stereocenters. The number of hydrogen-bond donors (Lipinski definition) is 1. The first-order chi connectivity index (χ1) is 14.1. The molecule has 1 N–H and O–H groups in total. The van der Waals surface area contributed by atoms with Crippen LogP contribution in [0.15, 0.2) is 71.8 Å². The topological polar surface area (TPSA) is 64.4 Å². The van der Waals surface area contributed by atoms with E-state index in [0.717, 1.165) is 16.0 Å².